The van der Waals surface area contributed by atoms with E-state index < -0.39 is 29.9 Å². The molecule has 0 radical (unpaired) electrons. The van der Waals surface area contributed by atoms with Gasteiger partial charge in [-0.15, -0.1) is 11.8 Å². The summed E-state index contributed by atoms with van der Waals surface area (Å²) in [5.41, 5.74) is 5.02. The molecule has 156 valence electrons. The van der Waals surface area contributed by atoms with Gasteiger partial charge in [0.15, 0.2) is 0 Å². The number of ether oxygens (including phenoxy) is 2. The van der Waals surface area contributed by atoms with E-state index in [2.05, 4.69) is 25.1 Å². The van der Waals surface area contributed by atoms with E-state index in [4.69, 9.17) is 9.47 Å². The van der Waals surface area contributed by atoms with Crippen LogP contribution in [0.2, 0.25) is 0 Å². The normalized spacial score (nSPS) is 29.2. The first-order valence-corrected chi connectivity index (χ1v) is 11.3. The van der Waals surface area contributed by atoms with Crippen LogP contribution in [0, 0.1) is 6.92 Å². The Bertz CT molecular complexity index is 868. The van der Waals surface area contributed by atoms with Gasteiger partial charge in [-0.25, -0.2) is 0 Å². The number of aliphatic hydroxyl groups excluding tert-OH is 3. The Kier molecular flexibility index (Phi) is 6.18. The summed E-state index contributed by atoms with van der Waals surface area (Å²) >= 11 is 1.33. The number of aliphatic hydroxyl groups is 3. The van der Waals surface area contributed by atoms with E-state index in [0.717, 1.165) is 48.3 Å². The predicted molar refractivity (Wildman–Crippen MR) is 113 cm³/mol. The van der Waals surface area contributed by atoms with Crippen LogP contribution in [0.1, 0.15) is 40.3 Å². The van der Waals surface area contributed by atoms with Crippen LogP contribution in [-0.2, 0) is 17.6 Å². The first kappa shape index (κ1) is 20.7. The van der Waals surface area contributed by atoms with Crippen molar-refractivity contribution in [3.8, 4) is 5.75 Å². The molecule has 0 aliphatic carbocycles. The minimum atomic E-state index is -1.24. The second-order valence-corrected chi connectivity index (χ2v) is 8.83. The number of aryl methyl sites for hydroxylation is 2. The Morgan fingerprint density at radius 1 is 1.03 bits per heavy atom. The van der Waals surface area contributed by atoms with Crippen molar-refractivity contribution >= 4 is 11.8 Å². The van der Waals surface area contributed by atoms with Crippen LogP contribution in [0.5, 0.6) is 5.75 Å². The minimum absolute atomic E-state index is 0.580. The summed E-state index contributed by atoms with van der Waals surface area (Å²) in [5.74, 6) is 0.986. The molecule has 0 aromatic heterocycles. The third-order valence-electron chi connectivity index (χ3n) is 5.87. The van der Waals surface area contributed by atoms with E-state index in [1.54, 1.807) is 0 Å². The van der Waals surface area contributed by atoms with Crippen LogP contribution in [0.25, 0.3) is 0 Å². The second kappa shape index (κ2) is 8.66. The van der Waals surface area contributed by atoms with Gasteiger partial charge in [-0.2, -0.15) is 0 Å². The molecule has 6 heteroatoms. The fraction of sp³-hybridized carbons (Fsp3) is 0.478. The summed E-state index contributed by atoms with van der Waals surface area (Å²) in [6.45, 7) is 2.86. The van der Waals surface area contributed by atoms with Crippen LogP contribution in [0.15, 0.2) is 36.4 Å². The van der Waals surface area contributed by atoms with Gasteiger partial charge < -0.3 is 24.8 Å². The molecule has 2 aromatic carbocycles. The van der Waals surface area contributed by atoms with Gasteiger partial charge in [0.2, 0.25) is 0 Å². The van der Waals surface area contributed by atoms with Crippen LogP contribution in [-0.4, -0.2) is 51.9 Å². The highest BCUT2D eigenvalue weighted by Crippen LogP contribution is 2.36. The zero-order chi connectivity index (χ0) is 20.5. The fourth-order valence-electron chi connectivity index (χ4n) is 4.12. The molecular formula is C23H28O5S. The van der Waals surface area contributed by atoms with Gasteiger partial charge in [0.05, 0.1) is 6.61 Å². The molecule has 2 aliphatic rings. The number of rotatable bonds is 4. The number of benzene rings is 2. The molecule has 4 rings (SSSR count). The van der Waals surface area contributed by atoms with Crippen molar-refractivity contribution in [2.45, 2.75) is 56.0 Å². The van der Waals surface area contributed by atoms with Gasteiger partial charge in [0.1, 0.15) is 35.6 Å². The zero-order valence-corrected chi connectivity index (χ0v) is 17.6. The maximum absolute atomic E-state index is 10.5. The van der Waals surface area contributed by atoms with Gasteiger partial charge in [-0.3, -0.25) is 0 Å². The molecule has 0 unspecified atom stereocenters. The molecule has 2 aliphatic heterocycles. The molecule has 0 bridgehead atoms. The molecule has 5 atom stereocenters. The maximum Gasteiger partial charge on any atom is 0.132 e. The van der Waals surface area contributed by atoms with Gasteiger partial charge in [0, 0.05) is 0 Å². The van der Waals surface area contributed by atoms with Gasteiger partial charge in [-0.1, -0.05) is 30.3 Å². The summed E-state index contributed by atoms with van der Waals surface area (Å²) in [5, 5.41) is 30.8. The van der Waals surface area contributed by atoms with Gasteiger partial charge in [0.25, 0.3) is 0 Å². The predicted octanol–water partition coefficient (Wildman–Crippen LogP) is 2.75. The Hall–Kier alpha value is -1.57. The first-order chi connectivity index (χ1) is 14.0. The molecule has 3 N–H and O–H groups in total. The third-order valence-corrected chi connectivity index (χ3v) is 6.73. The number of hydrogen-bond acceptors (Lipinski definition) is 6. The molecule has 0 saturated carbocycles. The zero-order valence-electron chi connectivity index (χ0n) is 16.7. The average molecular weight is 417 g/mol. The number of thioether (sulfide) groups is 1. The van der Waals surface area contributed by atoms with Crippen LogP contribution < -0.4 is 4.74 Å². The SMILES string of the molecule is CS[C@H]1O[C@@H](c2ccc(C)c(Cc3ccc4c(c3)CCCO4)c2)[C@H](O)[C@@H](O)[C@@H]1O. The van der Waals surface area contributed by atoms with Gasteiger partial charge in [-0.05, 0) is 66.3 Å². The van der Waals surface area contributed by atoms with Gasteiger partial charge >= 0.3 is 0 Å². The number of hydrogen-bond donors (Lipinski definition) is 3. The Labute approximate surface area is 175 Å². The van der Waals surface area contributed by atoms with Crippen molar-refractivity contribution in [1.29, 1.82) is 0 Å². The molecule has 1 saturated heterocycles. The van der Waals surface area contributed by atoms with E-state index in [0.29, 0.717) is 0 Å². The topological polar surface area (TPSA) is 79.2 Å². The summed E-state index contributed by atoms with van der Waals surface area (Å²) in [6, 6.07) is 12.4. The van der Waals surface area contributed by atoms with Crippen molar-refractivity contribution in [3.05, 3.63) is 64.2 Å². The largest absolute Gasteiger partial charge is 0.493 e. The maximum atomic E-state index is 10.5. The van der Waals surface area contributed by atoms with Crippen molar-refractivity contribution < 1.29 is 24.8 Å². The summed E-state index contributed by atoms with van der Waals surface area (Å²) in [7, 11) is 0. The quantitative estimate of drug-likeness (QED) is 0.711. The third kappa shape index (κ3) is 4.18. The minimum Gasteiger partial charge on any atom is -0.493 e. The van der Waals surface area contributed by atoms with E-state index in [1.165, 1.54) is 22.9 Å². The molecule has 2 heterocycles. The molecule has 0 spiro atoms. The van der Waals surface area contributed by atoms with Crippen molar-refractivity contribution in [1.82, 2.24) is 0 Å². The molecule has 1 fully saturated rings. The highest BCUT2D eigenvalue weighted by Gasteiger charge is 2.44. The van der Waals surface area contributed by atoms with E-state index in [-0.39, 0.29) is 0 Å². The van der Waals surface area contributed by atoms with Crippen molar-refractivity contribution in [2.24, 2.45) is 0 Å². The monoisotopic (exact) mass is 416 g/mol. The average Bonchev–Trinajstić information content (AvgIpc) is 2.74. The summed E-state index contributed by atoms with van der Waals surface area (Å²) < 4.78 is 11.6. The lowest BCUT2D eigenvalue weighted by atomic mass is 9.90. The van der Waals surface area contributed by atoms with Crippen LogP contribution >= 0.6 is 11.8 Å². The molecule has 0 amide bonds. The van der Waals surface area contributed by atoms with Crippen molar-refractivity contribution in [2.75, 3.05) is 12.9 Å². The Morgan fingerprint density at radius 2 is 1.86 bits per heavy atom. The van der Waals surface area contributed by atoms with Crippen LogP contribution in [0.3, 0.4) is 0 Å². The molecular weight excluding hydrogens is 388 g/mol. The lowest BCUT2D eigenvalue weighted by Gasteiger charge is -2.40. The first-order valence-electron chi connectivity index (χ1n) is 10.0. The summed E-state index contributed by atoms with van der Waals surface area (Å²) in [4.78, 5) is 0. The fourth-order valence-corrected chi connectivity index (χ4v) is 4.79. The van der Waals surface area contributed by atoms with E-state index >= 15 is 0 Å². The molecule has 5 nitrogen and oxygen atoms in total. The van der Waals surface area contributed by atoms with Crippen LogP contribution in [0.4, 0.5) is 0 Å². The highest BCUT2D eigenvalue weighted by molar-refractivity contribution is 7.99. The molecule has 2 aromatic rings. The Balaban J connectivity index is 1.59. The Morgan fingerprint density at radius 3 is 2.66 bits per heavy atom. The van der Waals surface area contributed by atoms with E-state index in [9.17, 15) is 15.3 Å². The second-order valence-electron chi connectivity index (χ2n) is 7.89. The standard InChI is InChI=1S/C23H28O5S/c1-13-5-7-16(22-20(25)19(24)21(26)23(28-22)29-2)12-17(13)11-14-6-8-18-15(10-14)4-3-9-27-18/h5-8,10,12,19-26H,3-4,9,11H2,1-2H3/t19-,20-,21+,22+,23-/m1/s1. The number of fused-ring (bicyclic) bond motifs is 1. The van der Waals surface area contributed by atoms with Crippen molar-refractivity contribution in [3.63, 3.8) is 0 Å². The smallest absolute Gasteiger partial charge is 0.132 e. The lowest BCUT2D eigenvalue weighted by molar-refractivity contribution is -0.200. The molecule has 29 heavy (non-hydrogen) atoms. The van der Waals surface area contributed by atoms with E-state index in [1.807, 2.05) is 24.5 Å². The summed E-state index contributed by atoms with van der Waals surface area (Å²) in [6.07, 6.45) is 0.470. The lowest BCUT2D eigenvalue weighted by Crippen LogP contribution is -2.52. The highest BCUT2D eigenvalue weighted by atomic mass is 32.2.